The number of nitrogens with two attached hydrogens (primary N) is 2. The summed E-state index contributed by atoms with van der Waals surface area (Å²) in [5, 5.41) is 18.9. The van der Waals surface area contributed by atoms with Gasteiger partial charge in [0.25, 0.3) is 17.7 Å². The van der Waals surface area contributed by atoms with Gasteiger partial charge in [-0.1, -0.05) is 42.5 Å². The minimum Gasteiger partial charge on any atom is -0.479 e. The van der Waals surface area contributed by atoms with Crippen molar-refractivity contribution in [3.63, 3.8) is 0 Å². The average Bonchev–Trinajstić information content (AvgIpc) is 3.48. The molecule has 0 bridgehead atoms. The summed E-state index contributed by atoms with van der Waals surface area (Å²) < 4.78 is 31.7. The number of nitrogens with one attached hydrogen (secondary N) is 1. The summed E-state index contributed by atoms with van der Waals surface area (Å²) in [7, 11) is 0. The van der Waals surface area contributed by atoms with Crippen molar-refractivity contribution in [3.8, 4) is 0 Å². The van der Waals surface area contributed by atoms with Crippen LogP contribution in [-0.4, -0.2) is 64.0 Å². The molecule has 0 spiro atoms. The summed E-state index contributed by atoms with van der Waals surface area (Å²) in [6.45, 7) is 1.94. The number of nitrogens with zero attached hydrogens (tertiary/aromatic N) is 1. The Balaban J connectivity index is 0.000000218. The lowest BCUT2D eigenvalue weighted by atomic mass is 9.93. The lowest BCUT2D eigenvalue weighted by Crippen LogP contribution is -2.37. The second-order valence-electron chi connectivity index (χ2n) is 11.0. The number of aryl methyl sites for hydroxylation is 1. The van der Waals surface area contributed by atoms with Crippen molar-refractivity contribution in [1.29, 1.82) is 0 Å². The van der Waals surface area contributed by atoms with E-state index in [1.165, 1.54) is 22.6 Å². The van der Waals surface area contributed by atoms with E-state index in [4.69, 9.17) is 21.4 Å². The highest BCUT2D eigenvalue weighted by Crippen LogP contribution is 2.35. The molecule has 15 heteroatoms. The van der Waals surface area contributed by atoms with Gasteiger partial charge >= 0.3 is 18.1 Å². The third-order valence-electron chi connectivity index (χ3n) is 7.57. The molecule has 0 unspecified atom stereocenters. The van der Waals surface area contributed by atoms with E-state index in [9.17, 15) is 37.5 Å². The summed E-state index contributed by atoms with van der Waals surface area (Å²) >= 11 is 1.44. The fourth-order valence-corrected chi connectivity index (χ4v) is 6.44. The number of carbonyl (C=O) groups is 5. The Morgan fingerprint density at radius 3 is 2.08 bits per heavy atom. The van der Waals surface area contributed by atoms with E-state index in [2.05, 4.69) is 5.32 Å². The topological polar surface area (TPSA) is 193 Å². The van der Waals surface area contributed by atoms with Crippen molar-refractivity contribution in [3.05, 3.63) is 92.2 Å². The van der Waals surface area contributed by atoms with Crippen LogP contribution in [0.5, 0.6) is 0 Å². The Bertz CT molecular complexity index is 1610. The van der Waals surface area contributed by atoms with Gasteiger partial charge in [0, 0.05) is 30.1 Å². The number of aliphatic carboxylic acids is 2. The summed E-state index contributed by atoms with van der Waals surface area (Å²) in [5.74, 6) is -4.73. The van der Waals surface area contributed by atoms with Crippen LogP contribution >= 0.6 is 11.3 Å². The molecule has 3 amide bonds. The smallest absolute Gasteiger partial charge is 0.479 e. The molecule has 11 nitrogen and oxygen atoms in total. The third-order valence-corrected chi connectivity index (χ3v) is 8.88. The monoisotopic (exact) mass is 690 g/mol. The van der Waals surface area contributed by atoms with Crippen molar-refractivity contribution in [1.82, 2.24) is 10.2 Å². The van der Waals surface area contributed by atoms with Crippen molar-refractivity contribution in [2.24, 2.45) is 11.5 Å². The van der Waals surface area contributed by atoms with Crippen molar-refractivity contribution in [2.75, 3.05) is 13.1 Å². The Morgan fingerprint density at radius 2 is 1.52 bits per heavy atom. The van der Waals surface area contributed by atoms with Gasteiger partial charge < -0.3 is 31.9 Å². The van der Waals surface area contributed by atoms with Gasteiger partial charge in [-0.05, 0) is 73.8 Å². The molecule has 5 rings (SSSR count). The quantitative estimate of drug-likeness (QED) is 0.236. The van der Waals surface area contributed by atoms with Crippen LogP contribution in [0.2, 0.25) is 0 Å². The van der Waals surface area contributed by atoms with Crippen molar-refractivity contribution in [2.45, 2.75) is 63.7 Å². The number of primary amides is 1. The van der Waals surface area contributed by atoms with Crippen LogP contribution in [0.4, 0.5) is 13.2 Å². The molecule has 7 N–H and O–H groups in total. The number of hydrogen-bond acceptors (Lipinski definition) is 7. The number of likely N-dealkylation sites (tertiary alicyclic amines) is 1. The first kappa shape index (κ1) is 37.7. The van der Waals surface area contributed by atoms with Gasteiger partial charge in [-0.2, -0.15) is 13.2 Å². The SMILES string of the molecule is NC(=O)c1sc2c(c1C(=O)N1CCCCC1)CCCC2.NCc1cccc(C(=O)N[C@@H](C(=O)O)c2ccccc2)c1.O=C(O)C(F)(F)F. The molecule has 2 heterocycles. The number of carboxylic acids is 2. The van der Waals surface area contributed by atoms with E-state index in [0.717, 1.165) is 62.7 Å². The summed E-state index contributed by atoms with van der Waals surface area (Å²) in [4.78, 5) is 60.5. The Morgan fingerprint density at radius 1 is 0.896 bits per heavy atom. The molecular formula is C33H37F3N4O7S. The number of halogens is 3. The molecule has 1 aromatic heterocycles. The zero-order chi connectivity index (χ0) is 35.4. The molecule has 1 aliphatic heterocycles. The highest BCUT2D eigenvalue weighted by Gasteiger charge is 2.38. The van der Waals surface area contributed by atoms with Crippen LogP contribution in [0.15, 0.2) is 54.6 Å². The number of hydrogen-bond donors (Lipinski definition) is 5. The lowest BCUT2D eigenvalue weighted by molar-refractivity contribution is -0.192. The molecular weight excluding hydrogens is 653 g/mol. The maximum atomic E-state index is 12.8. The molecule has 48 heavy (non-hydrogen) atoms. The minimum atomic E-state index is -5.08. The van der Waals surface area contributed by atoms with Crippen LogP contribution in [0.25, 0.3) is 0 Å². The molecule has 1 aliphatic carbocycles. The third kappa shape index (κ3) is 10.4. The molecule has 258 valence electrons. The van der Waals surface area contributed by atoms with E-state index in [1.54, 1.807) is 48.5 Å². The Hall–Kier alpha value is -4.76. The fourth-order valence-electron chi connectivity index (χ4n) is 5.21. The highest BCUT2D eigenvalue weighted by atomic mass is 32.1. The summed E-state index contributed by atoms with van der Waals surface area (Å²) in [5.41, 5.74) is 14.5. The molecule has 2 aromatic carbocycles. The molecule has 2 aliphatic rings. The number of amides is 3. The normalized spacial score (nSPS) is 14.5. The van der Waals surface area contributed by atoms with Crippen LogP contribution in [0.1, 0.15) is 90.1 Å². The standard InChI is InChI=1S/C16H16N2O3.C15H20N2O2S.C2HF3O2/c17-10-11-5-4-8-13(9-11)15(19)18-14(16(20)21)12-6-2-1-3-7-12;16-14(18)13-12(10-6-2-3-7-11(10)20-13)15(19)17-8-4-1-5-9-17;3-2(4,5)1(6)7/h1-9,14H,10,17H2,(H,18,19)(H,20,21);1-9H2,(H2,16,18);(H,6,7)/t14-;;/m1../s1. The first-order valence-electron chi connectivity index (χ1n) is 15.2. The fraction of sp³-hybridized carbons (Fsp3) is 0.364. The first-order chi connectivity index (χ1) is 22.7. The number of thiophene rings is 1. The van der Waals surface area contributed by atoms with Crippen molar-refractivity contribution < 1.29 is 47.4 Å². The van der Waals surface area contributed by atoms with E-state index < -0.39 is 36.0 Å². The van der Waals surface area contributed by atoms with Gasteiger partial charge in [0.05, 0.1) is 5.56 Å². The van der Waals surface area contributed by atoms with Gasteiger partial charge in [0.1, 0.15) is 4.88 Å². The molecule has 0 saturated carbocycles. The van der Waals surface area contributed by atoms with Gasteiger partial charge in [-0.25, -0.2) is 9.59 Å². The average molecular weight is 691 g/mol. The van der Waals surface area contributed by atoms with Crippen LogP contribution in [-0.2, 0) is 29.0 Å². The molecule has 3 aromatic rings. The summed E-state index contributed by atoms with van der Waals surface area (Å²) in [6, 6.07) is 14.3. The van der Waals surface area contributed by atoms with Gasteiger partial charge in [0.15, 0.2) is 6.04 Å². The first-order valence-corrected chi connectivity index (χ1v) is 16.0. The number of rotatable bonds is 7. The Labute approximate surface area is 278 Å². The maximum Gasteiger partial charge on any atom is 0.490 e. The predicted octanol–water partition coefficient (Wildman–Crippen LogP) is 4.69. The predicted molar refractivity (Wildman–Crippen MR) is 172 cm³/mol. The second kappa shape index (κ2) is 17.4. The number of alkyl halides is 3. The van der Waals surface area contributed by atoms with E-state index >= 15 is 0 Å². The van der Waals surface area contributed by atoms with Gasteiger partial charge in [-0.15, -0.1) is 11.3 Å². The largest absolute Gasteiger partial charge is 0.490 e. The Kier molecular flexibility index (Phi) is 13.7. The van der Waals surface area contributed by atoms with E-state index in [0.29, 0.717) is 28.1 Å². The molecule has 1 atom stereocenters. The number of benzene rings is 2. The van der Waals surface area contributed by atoms with Crippen LogP contribution < -0.4 is 16.8 Å². The number of piperidine rings is 1. The zero-order valence-corrected chi connectivity index (χ0v) is 26.7. The molecule has 0 radical (unpaired) electrons. The maximum absolute atomic E-state index is 12.8. The van der Waals surface area contributed by atoms with Crippen LogP contribution in [0.3, 0.4) is 0 Å². The summed E-state index contributed by atoms with van der Waals surface area (Å²) in [6.07, 6.45) is 2.36. The highest BCUT2D eigenvalue weighted by molar-refractivity contribution is 7.14. The van der Waals surface area contributed by atoms with E-state index in [1.807, 2.05) is 11.0 Å². The number of fused-ring (bicyclic) bond motifs is 1. The van der Waals surface area contributed by atoms with Gasteiger partial charge in [-0.3, -0.25) is 14.4 Å². The number of carbonyl (C=O) groups excluding carboxylic acids is 3. The van der Waals surface area contributed by atoms with Crippen LogP contribution in [0, 0.1) is 0 Å². The van der Waals surface area contributed by atoms with Crippen molar-refractivity contribution >= 4 is 41.0 Å². The molecule has 1 saturated heterocycles. The van der Waals surface area contributed by atoms with Gasteiger partial charge in [0.2, 0.25) is 0 Å². The number of carboxylic acid groups (broad SMARTS) is 2. The molecule has 1 fully saturated rings. The minimum absolute atomic E-state index is 0.0258. The lowest BCUT2D eigenvalue weighted by Gasteiger charge is -2.27. The van der Waals surface area contributed by atoms with E-state index in [-0.39, 0.29) is 5.91 Å². The zero-order valence-electron chi connectivity index (χ0n) is 25.9. The second-order valence-corrected chi connectivity index (χ2v) is 12.1.